The molecule has 0 saturated carbocycles. The van der Waals surface area contributed by atoms with Crippen molar-refractivity contribution in [3.05, 3.63) is 86.6 Å². The highest BCUT2D eigenvalue weighted by atomic mass is 32.2. The molecule has 0 atom stereocenters. The number of para-hydroxylation sites is 1. The van der Waals surface area contributed by atoms with Crippen LogP contribution in [0.3, 0.4) is 0 Å². The highest BCUT2D eigenvalue weighted by Crippen LogP contribution is 2.31. The third-order valence-corrected chi connectivity index (χ3v) is 5.13. The molecule has 1 saturated heterocycles. The molecule has 3 amide bonds. The number of carbonyl (C=O) groups is 3. The van der Waals surface area contributed by atoms with Crippen molar-refractivity contribution in [3.8, 4) is 0 Å². The van der Waals surface area contributed by atoms with Gasteiger partial charge in [0.2, 0.25) is 5.91 Å². The molecule has 0 radical (unpaired) electrons. The third kappa shape index (κ3) is 5.64. The fourth-order valence-electron chi connectivity index (χ4n) is 2.71. The van der Waals surface area contributed by atoms with E-state index in [4.69, 9.17) is 0 Å². The molecule has 3 rings (SSSR count). The minimum absolute atomic E-state index is 0.0158. The SMILES string of the molecule is O=C(C=Cc1ccccc1[N+](=O)[O-])NCCN1C(=O)SC(=Cc2ccc(F)cc2)C1=O. The average Bonchev–Trinajstić information content (AvgIpc) is 3.01. The normalized spacial score (nSPS) is 15.1. The number of nitro groups is 1. The number of hydrogen-bond donors (Lipinski definition) is 1. The Morgan fingerprint density at radius 2 is 1.87 bits per heavy atom. The standard InChI is InChI=1S/C21H16FN3O5S/c22-16-8-5-14(6-9-16)13-18-20(27)24(21(28)31-18)12-11-23-19(26)10-7-15-3-1-2-4-17(15)25(29)30/h1-10,13H,11-12H2,(H,23,26). The van der Waals surface area contributed by atoms with Gasteiger partial charge in [0.1, 0.15) is 5.82 Å². The maximum atomic E-state index is 13.0. The quantitative estimate of drug-likeness (QED) is 0.399. The lowest BCUT2D eigenvalue weighted by atomic mass is 10.1. The number of thioether (sulfide) groups is 1. The van der Waals surface area contributed by atoms with Gasteiger partial charge in [-0.1, -0.05) is 24.3 Å². The number of nitrogens with one attached hydrogen (secondary N) is 1. The van der Waals surface area contributed by atoms with Gasteiger partial charge in [-0.3, -0.25) is 29.4 Å². The summed E-state index contributed by atoms with van der Waals surface area (Å²) in [7, 11) is 0. The predicted octanol–water partition coefficient (Wildman–Crippen LogP) is 3.60. The van der Waals surface area contributed by atoms with Gasteiger partial charge in [0.15, 0.2) is 0 Å². The van der Waals surface area contributed by atoms with Crippen LogP contribution in [-0.4, -0.2) is 40.0 Å². The summed E-state index contributed by atoms with van der Waals surface area (Å²) in [5.74, 6) is -1.42. The number of carbonyl (C=O) groups excluding carboxylic acids is 3. The minimum atomic E-state index is -0.545. The fourth-order valence-corrected chi connectivity index (χ4v) is 3.58. The van der Waals surface area contributed by atoms with Gasteiger partial charge in [0.05, 0.1) is 15.4 Å². The number of nitrogens with zero attached hydrogens (tertiary/aromatic N) is 2. The Morgan fingerprint density at radius 1 is 1.16 bits per heavy atom. The molecule has 0 aromatic heterocycles. The zero-order valence-corrected chi connectivity index (χ0v) is 16.8. The first-order chi connectivity index (χ1) is 14.8. The number of hydrogen-bond acceptors (Lipinski definition) is 6. The van der Waals surface area contributed by atoms with Gasteiger partial charge in [0, 0.05) is 25.2 Å². The van der Waals surface area contributed by atoms with Crippen molar-refractivity contribution in [2.75, 3.05) is 13.1 Å². The molecule has 8 nitrogen and oxygen atoms in total. The van der Waals surface area contributed by atoms with Crippen LogP contribution in [0.25, 0.3) is 12.2 Å². The van der Waals surface area contributed by atoms with Gasteiger partial charge < -0.3 is 5.32 Å². The van der Waals surface area contributed by atoms with Crippen LogP contribution < -0.4 is 5.32 Å². The molecule has 1 fully saturated rings. The highest BCUT2D eigenvalue weighted by molar-refractivity contribution is 8.18. The Hall–Kier alpha value is -3.79. The average molecular weight is 441 g/mol. The van der Waals surface area contributed by atoms with Crippen LogP contribution in [0.1, 0.15) is 11.1 Å². The Balaban J connectivity index is 1.55. The fraction of sp³-hybridized carbons (Fsp3) is 0.0952. The molecular formula is C21H16FN3O5S. The smallest absolute Gasteiger partial charge is 0.293 e. The largest absolute Gasteiger partial charge is 0.351 e. The second-order valence-electron chi connectivity index (χ2n) is 6.33. The van der Waals surface area contributed by atoms with Crippen molar-refractivity contribution in [2.45, 2.75) is 0 Å². The van der Waals surface area contributed by atoms with E-state index in [0.29, 0.717) is 5.56 Å². The molecule has 0 bridgehead atoms. The third-order valence-electron chi connectivity index (χ3n) is 4.22. The molecule has 1 aliphatic rings. The lowest BCUT2D eigenvalue weighted by molar-refractivity contribution is -0.385. The van der Waals surface area contributed by atoms with Gasteiger partial charge in [0.25, 0.3) is 16.8 Å². The highest BCUT2D eigenvalue weighted by Gasteiger charge is 2.34. The van der Waals surface area contributed by atoms with Crippen molar-refractivity contribution in [3.63, 3.8) is 0 Å². The number of imide groups is 1. The topological polar surface area (TPSA) is 110 Å². The lowest BCUT2D eigenvalue weighted by Crippen LogP contribution is -2.36. The van der Waals surface area contributed by atoms with E-state index in [1.165, 1.54) is 54.6 Å². The molecule has 0 unspecified atom stereocenters. The molecule has 158 valence electrons. The van der Waals surface area contributed by atoms with E-state index in [0.717, 1.165) is 22.7 Å². The van der Waals surface area contributed by atoms with Crippen LogP contribution in [-0.2, 0) is 9.59 Å². The first-order valence-corrected chi connectivity index (χ1v) is 9.87. The summed E-state index contributed by atoms with van der Waals surface area (Å²) in [6.45, 7) is -0.0155. The molecule has 0 spiro atoms. The van der Waals surface area contributed by atoms with Crippen LogP contribution in [0.5, 0.6) is 0 Å². The van der Waals surface area contributed by atoms with E-state index in [1.807, 2.05) is 0 Å². The summed E-state index contributed by atoms with van der Waals surface area (Å²) in [6.07, 6.45) is 3.96. The molecule has 1 aliphatic heterocycles. The van der Waals surface area contributed by atoms with E-state index in [2.05, 4.69) is 5.32 Å². The van der Waals surface area contributed by atoms with Crippen LogP contribution in [0.15, 0.2) is 59.5 Å². The summed E-state index contributed by atoms with van der Waals surface area (Å²) in [4.78, 5) is 48.1. The molecule has 31 heavy (non-hydrogen) atoms. The van der Waals surface area contributed by atoms with E-state index in [1.54, 1.807) is 6.07 Å². The van der Waals surface area contributed by atoms with Gasteiger partial charge in [-0.25, -0.2) is 4.39 Å². The second-order valence-corrected chi connectivity index (χ2v) is 7.32. The Kier molecular flexibility index (Phi) is 6.93. The van der Waals surface area contributed by atoms with Crippen LogP contribution in [0, 0.1) is 15.9 Å². The second kappa shape index (κ2) is 9.81. The monoisotopic (exact) mass is 441 g/mol. The summed E-state index contributed by atoms with van der Waals surface area (Å²) < 4.78 is 13.0. The summed E-state index contributed by atoms with van der Waals surface area (Å²) in [5.41, 5.74) is 0.733. The van der Waals surface area contributed by atoms with Crippen molar-refractivity contribution >= 4 is 46.7 Å². The molecule has 1 N–H and O–H groups in total. The molecule has 1 heterocycles. The van der Waals surface area contributed by atoms with E-state index >= 15 is 0 Å². The zero-order valence-electron chi connectivity index (χ0n) is 16.0. The van der Waals surface area contributed by atoms with Crippen molar-refractivity contribution in [1.29, 1.82) is 0 Å². The van der Waals surface area contributed by atoms with Crippen molar-refractivity contribution in [1.82, 2.24) is 10.2 Å². The summed E-state index contributed by atoms with van der Waals surface area (Å²) >= 11 is 0.766. The van der Waals surface area contributed by atoms with Crippen LogP contribution in [0.4, 0.5) is 14.9 Å². The summed E-state index contributed by atoms with van der Waals surface area (Å²) in [6, 6.07) is 11.5. The maximum absolute atomic E-state index is 13.0. The Morgan fingerprint density at radius 3 is 2.58 bits per heavy atom. The van der Waals surface area contributed by atoms with Gasteiger partial charge in [-0.15, -0.1) is 0 Å². The maximum Gasteiger partial charge on any atom is 0.293 e. The molecule has 2 aromatic carbocycles. The first kappa shape index (κ1) is 21.9. The molecular weight excluding hydrogens is 425 g/mol. The number of amides is 3. The number of benzene rings is 2. The van der Waals surface area contributed by atoms with Gasteiger partial charge >= 0.3 is 0 Å². The van der Waals surface area contributed by atoms with Crippen molar-refractivity contribution < 1.29 is 23.7 Å². The van der Waals surface area contributed by atoms with Gasteiger partial charge in [-0.2, -0.15) is 0 Å². The Bertz CT molecular complexity index is 1100. The van der Waals surface area contributed by atoms with E-state index < -0.39 is 27.8 Å². The number of halogens is 1. The van der Waals surface area contributed by atoms with Gasteiger partial charge in [-0.05, 0) is 47.7 Å². The molecule has 0 aliphatic carbocycles. The van der Waals surface area contributed by atoms with Crippen molar-refractivity contribution in [2.24, 2.45) is 0 Å². The Labute approximate surface area is 180 Å². The first-order valence-electron chi connectivity index (χ1n) is 9.05. The molecule has 10 heteroatoms. The molecule has 2 aromatic rings. The summed E-state index contributed by atoms with van der Waals surface area (Å²) in [5, 5.41) is 13.0. The van der Waals surface area contributed by atoms with Crippen LogP contribution in [0.2, 0.25) is 0 Å². The predicted molar refractivity (Wildman–Crippen MR) is 114 cm³/mol. The van der Waals surface area contributed by atoms with E-state index in [9.17, 15) is 28.9 Å². The minimum Gasteiger partial charge on any atom is -0.351 e. The number of nitro benzene ring substituents is 1. The van der Waals surface area contributed by atoms with Crippen LogP contribution >= 0.6 is 11.8 Å². The lowest BCUT2D eigenvalue weighted by Gasteiger charge is -2.12. The zero-order chi connectivity index (χ0) is 22.4. The van der Waals surface area contributed by atoms with E-state index in [-0.39, 0.29) is 29.2 Å². The number of rotatable bonds is 7.